The molecule has 1 aromatic rings. The summed E-state index contributed by atoms with van der Waals surface area (Å²) >= 11 is 0. The van der Waals surface area contributed by atoms with Gasteiger partial charge in [-0.3, -0.25) is 4.99 Å². The molecule has 0 amide bonds. The van der Waals surface area contributed by atoms with E-state index >= 15 is 0 Å². The number of hydrogen-bond acceptors (Lipinski definition) is 2. The molecule has 5 heteroatoms. The summed E-state index contributed by atoms with van der Waals surface area (Å²) in [6, 6.07) is 7.31. The molecule has 0 saturated carbocycles. The maximum absolute atomic E-state index is 13.7. The fraction of sp³-hybridized carbons (Fsp3) is 0.632. The number of halogens is 1. The lowest BCUT2D eigenvalue weighted by molar-refractivity contribution is 0.0530. The zero-order chi connectivity index (χ0) is 17.4. The third-order valence-corrected chi connectivity index (χ3v) is 4.77. The molecule has 1 atom stereocenters. The van der Waals surface area contributed by atoms with Crippen LogP contribution in [0.5, 0.6) is 0 Å². The Bertz CT molecular complexity index is 541. The Hall–Kier alpha value is -1.62. The SMILES string of the molecule is CCNC(=NCC1(c2cccc(F)c2)CCOCC1)NC(C)CC. The Morgan fingerprint density at radius 3 is 2.71 bits per heavy atom. The number of guanidine groups is 1. The van der Waals surface area contributed by atoms with E-state index in [1.54, 1.807) is 12.1 Å². The van der Waals surface area contributed by atoms with Gasteiger partial charge in [0.25, 0.3) is 0 Å². The molecule has 1 aliphatic heterocycles. The summed E-state index contributed by atoms with van der Waals surface area (Å²) in [4.78, 5) is 4.82. The third kappa shape index (κ3) is 4.94. The van der Waals surface area contributed by atoms with Crippen molar-refractivity contribution in [2.45, 2.75) is 51.5 Å². The zero-order valence-electron chi connectivity index (χ0n) is 15.1. The first-order valence-electron chi connectivity index (χ1n) is 8.98. The van der Waals surface area contributed by atoms with Crippen molar-refractivity contribution in [1.29, 1.82) is 0 Å². The van der Waals surface area contributed by atoms with Crippen LogP contribution in [-0.4, -0.2) is 38.3 Å². The van der Waals surface area contributed by atoms with E-state index in [1.807, 2.05) is 6.07 Å². The lowest BCUT2D eigenvalue weighted by atomic mass is 9.74. The van der Waals surface area contributed by atoms with E-state index in [1.165, 1.54) is 6.07 Å². The van der Waals surface area contributed by atoms with Crippen LogP contribution in [0.3, 0.4) is 0 Å². The van der Waals surface area contributed by atoms with Gasteiger partial charge in [0.05, 0.1) is 6.54 Å². The first-order valence-corrected chi connectivity index (χ1v) is 8.98. The topological polar surface area (TPSA) is 45.7 Å². The maximum atomic E-state index is 13.7. The lowest BCUT2D eigenvalue weighted by Crippen LogP contribution is -2.44. The minimum absolute atomic E-state index is 0.155. The van der Waals surface area contributed by atoms with E-state index in [9.17, 15) is 4.39 Å². The van der Waals surface area contributed by atoms with Gasteiger partial charge in [-0.15, -0.1) is 0 Å². The van der Waals surface area contributed by atoms with Crippen molar-refractivity contribution in [3.8, 4) is 0 Å². The lowest BCUT2D eigenvalue weighted by Gasteiger charge is -2.36. The van der Waals surface area contributed by atoms with E-state index < -0.39 is 0 Å². The van der Waals surface area contributed by atoms with Gasteiger partial charge in [0.2, 0.25) is 0 Å². The molecule has 1 fully saturated rings. The third-order valence-electron chi connectivity index (χ3n) is 4.77. The number of benzene rings is 1. The van der Waals surface area contributed by atoms with Crippen molar-refractivity contribution in [2.24, 2.45) is 4.99 Å². The van der Waals surface area contributed by atoms with Crippen LogP contribution in [0.1, 0.15) is 45.6 Å². The highest BCUT2D eigenvalue weighted by atomic mass is 19.1. The monoisotopic (exact) mass is 335 g/mol. The van der Waals surface area contributed by atoms with E-state index in [0.717, 1.165) is 37.3 Å². The maximum Gasteiger partial charge on any atom is 0.191 e. The van der Waals surface area contributed by atoms with E-state index in [-0.39, 0.29) is 11.2 Å². The van der Waals surface area contributed by atoms with Gasteiger partial charge in [0, 0.05) is 31.2 Å². The van der Waals surface area contributed by atoms with Crippen molar-refractivity contribution >= 4 is 5.96 Å². The largest absolute Gasteiger partial charge is 0.381 e. The van der Waals surface area contributed by atoms with Gasteiger partial charge >= 0.3 is 0 Å². The molecule has 24 heavy (non-hydrogen) atoms. The predicted octanol–water partition coefficient (Wildman–Crippen LogP) is 3.23. The summed E-state index contributed by atoms with van der Waals surface area (Å²) in [5.41, 5.74) is 0.868. The fourth-order valence-corrected chi connectivity index (χ4v) is 3.00. The van der Waals surface area contributed by atoms with Crippen LogP contribution in [0.2, 0.25) is 0 Å². The zero-order valence-corrected chi connectivity index (χ0v) is 15.1. The minimum atomic E-state index is -0.188. The Morgan fingerprint density at radius 2 is 2.08 bits per heavy atom. The first-order chi connectivity index (χ1) is 11.6. The number of nitrogens with one attached hydrogen (secondary N) is 2. The average Bonchev–Trinajstić information content (AvgIpc) is 2.60. The second-order valence-electron chi connectivity index (χ2n) is 6.55. The standard InChI is InChI=1S/C19H30FN3O/c1-4-15(3)23-18(21-5-2)22-14-19(9-11-24-12-10-19)16-7-6-8-17(20)13-16/h6-8,13,15H,4-5,9-12,14H2,1-3H3,(H2,21,22,23). The van der Waals surface area contributed by atoms with Crippen LogP contribution in [-0.2, 0) is 10.2 Å². The molecule has 134 valence electrons. The predicted molar refractivity (Wildman–Crippen MR) is 97.0 cm³/mol. The number of hydrogen-bond donors (Lipinski definition) is 2. The molecule has 0 aliphatic carbocycles. The Kier molecular flexibility index (Phi) is 7.03. The van der Waals surface area contributed by atoms with Gasteiger partial charge in [0.1, 0.15) is 5.82 Å². The molecule has 1 saturated heterocycles. The molecule has 0 radical (unpaired) electrons. The van der Waals surface area contributed by atoms with Gasteiger partial charge < -0.3 is 15.4 Å². The van der Waals surface area contributed by atoms with E-state index in [2.05, 4.69) is 31.4 Å². The highest BCUT2D eigenvalue weighted by Crippen LogP contribution is 2.35. The smallest absolute Gasteiger partial charge is 0.191 e. The number of ether oxygens (including phenoxy) is 1. The molecule has 0 spiro atoms. The first kappa shape index (κ1) is 18.7. The molecule has 1 unspecified atom stereocenters. The number of nitrogens with zero attached hydrogens (tertiary/aromatic N) is 1. The molecule has 1 heterocycles. The minimum Gasteiger partial charge on any atom is -0.381 e. The Morgan fingerprint density at radius 1 is 1.33 bits per heavy atom. The molecule has 2 N–H and O–H groups in total. The van der Waals surface area contributed by atoms with Crippen LogP contribution in [0.4, 0.5) is 4.39 Å². The second kappa shape index (κ2) is 9.02. The molecular weight excluding hydrogens is 305 g/mol. The highest BCUT2D eigenvalue weighted by molar-refractivity contribution is 5.80. The summed E-state index contributed by atoms with van der Waals surface area (Å²) < 4.78 is 19.3. The van der Waals surface area contributed by atoms with Crippen molar-refractivity contribution in [3.05, 3.63) is 35.6 Å². The molecular formula is C19H30FN3O. The van der Waals surface area contributed by atoms with Crippen LogP contribution in [0.25, 0.3) is 0 Å². The summed E-state index contributed by atoms with van der Waals surface area (Å²) in [5.74, 6) is 0.640. The average molecular weight is 335 g/mol. The van der Waals surface area contributed by atoms with Gasteiger partial charge in [-0.05, 0) is 50.8 Å². The van der Waals surface area contributed by atoms with Crippen LogP contribution in [0, 0.1) is 5.82 Å². The van der Waals surface area contributed by atoms with E-state index in [4.69, 9.17) is 9.73 Å². The van der Waals surface area contributed by atoms with Gasteiger partial charge in [-0.1, -0.05) is 19.1 Å². The summed E-state index contributed by atoms with van der Waals surface area (Å²) in [5, 5.41) is 6.72. The molecule has 0 bridgehead atoms. The highest BCUT2D eigenvalue weighted by Gasteiger charge is 2.34. The van der Waals surface area contributed by atoms with Crippen molar-refractivity contribution in [1.82, 2.24) is 10.6 Å². The van der Waals surface area contributed by atoms with E-state index in [0.29, 0.717) is 25.8 Å². The van der Waals surface area contributed by atoms with Crippen LogP contribution >= 0.6 is 0 Å². The summed E-state index contributed by atoms with van der Waals surface area (Å²) in [6.45, 7) is 9.19. The summed E-state index contributed by atoms with van der Waals surface area (Å²) in [7, 11) is 0. The molecule has 0 aromatic heterocycles. The van der Waals surface area contributed by atoms with Gasteiger partial charge in [-0.2, -0.15) is 0 Å². The molecule has 1 aromatic carbocycles. The normalized spacial score (nSPS) is 18.9. The van der Waals surface area contributed by atoms with Gasteiger partial charge in [0.15, 0.2) is 5.96 Å². The second-order valence-corrected chi connectivity index (χ2v) is 6.55. The molecule has 2 rings (SSSR count). The number of rotatable bonds is 6. The van der Waals surface area contributed by atoms with Crippen molar-refractivity contribution in [2.75, 3.05) is 26.3 Å². The molecule has 1 aliphatic rings. The Labute approximate surface area is 144 Å². The van der Waals surface area contributed by atoms with Crippen LogP contribution < -0.4 is 10.6 Å². The molecule has 4 nitrogen and oxygen atoms in total. The van der Waals surface area contributed by atoms with Crippen molar-refractivity contribution < 1.29 is 9.13 Å². The Balaban J connectivity index is 2.22. The van der Waals surface area contributed by atoms with Crippen LogP contribution in [0.15, 0.2) is 29.3 Å². The van der Waals surface area contributed by atoms with Crippen molar-refractivity contribution in [3.63, 3.8) is 0 Å². The fourth-order valence-electron chi connectivity index (χ4n) is 3.00. The van der Waals surface area contributed by atoms with Gasteiger partial charge in [-0.25, -0.2) is 4.39 Å². The summed E-state index contributed by atoms with van der Waals surface area (Å²) in [6.07, 6.45) is 2.76. The quantitative estimate of drug-likeness (QED) is 0.620. The number of aliphatic imine (C=N–C) groups is 1.